The molecule has 2 rings (SSSR count). The van der Waals surface area contributed by atoms with Crippen LogP contribution in [0.2, 0.25) is 0 Å². The Labute approximate surface area is 75.9 Å². The molecular formula is C9H10O2S. The van der Waals surface area contributed by atoms with Crippen LogP contribution in [-0.4, -0.2) is 13.0 Å². The lowest BCUT2D eigenvalue weighted by atomic mass is 10.2. The Kier molecular flexibility index (Phi) is 1.89. The molecule has 0 atom stereocenters. The first-order valence-corrected chi connectivity index (χ1v) is 4.98. The van der Waals surface area contributed by atoms with Crippen LogP contribution in [0.15, 0.2) is 17.0 Å². The molecule has 64 valence electrons. The minimum absolute atomic E-state index is 0.354. The third-order valence-corrected chi connectivity index (χ3v) is 2.77. The lowest BCUT2D eigenvalue weighted by molar-refractivity contribution is 0.174. The molecule has 1 aromatic carbocycles. The zero-order valence-corrected chi connectivity index (χ0v) is 7.90. The number of rotatable bonds is 1. The Hall–Kier alpha value is -0.830. The highest BCUT2D eigenvalue weighted by atomic mass is 32.2. The molecule has 3 heteroatoms. The molecule has 1 aliphatic rings. The van der Waals surface area contributed by atoms with Crippen LogP contribution in [0, 0.1) is 6.92 Å². The second-order valence-electron chi connectivity index (χ2n) is 2.68. The van der Waals surface area contributed by atoms with Gasteiger partial charge in [-0.2, -0.15) is 0 Å². The summed E-state index contributed by atoms with van der Waals surface area (Å²) in [4.78, 5) is 1.25. The number of fused-ring (bicyclic) bond motifs is 1. The number of hydrogen-bond donors (Lipinski definition) is 0. The first kappa shape index (κ1) is 7.80. The van der Waals surface area contributed by atoms with Gasteiger partial charge in [-0.05, 0) is 30.9 Å². The fourth-order valence-electron chi connectivity index (χ4n) is 1.24. The molecule has 0 radical (unpaired) electrons. The number of hydrogen-bond acceptors (Lipinski definition) is 3. The van der Waals surface area contributed by atoms with Crippen molar-refractivity contribution in [2.45, 2.75) is 11.8 Å². The van der Waals surface area contributed by atoms with E-state index in [1.807, 2.05) is 12.1 Å². The van der Waals surface area contributed by atoms with Gasteiger partial charge in [0.15, 0.2) is 11.5 Å². The summed E-state index contributed by atoms with van der Waals surface area (Å²) in [5.74, 6) is 1.73. The zero-order chi connectivity index (χ0) is 8.55. The minimum Gasteiger partial charge on any atom is -0.454 e. The smallest absolute Gasteiger partial charge is 0.231 e. The number of aryl methyl sites for hydroxylation is 1. The van der Waals surface area contributed by atoms with Gasteiger partial charge in [0.25, 0.3) is 0 Å². The van der Waals surface area contributed by atoms with E-state index < -0.39 is 0 Å². The van der Waals surface area contributed by atoms with Crippen LogP contribution < -0.4 is 9.47 Å². The molecule has 1 aliphatic heterocycles. The summed E-state index contributed by atoms with van der Waals surface area (Å²) in [5, 5.41) is 0. The molecule has 0 saturated heterocycles. The molecule has 0 saturated carbocycles. The van der Waals surface area contributed by atoms with Crippen LogP contribution in [0.3, 0.4) is 0 Å². The molecule has 1 aromatic rings. The SMILES string of the molecule is CSc1cc2c(cc1C)OCO2. The maximum atomic E-state index is 5.26. The van der Waals surface area contributed by atoms with Crippen molar-refractivity contribution in [2.75, 3.05) is 13.0 Å². The van der Waals surface area contributed by atoms with Gasteiger partial charge >= 0.3 is 0 Å². The lowest BCUT2D eigenvalue weighted by Gasteiger charge is -2.03. The molecule has 0 unspecified atom stereocenters. The maximum Gasteiger partial charge on any atom is 0.231 e. The highest BCUT2D eigenvalue weighted by Gasteiger charge is 2.14. The molecule has 0 aromatic heterocycles. The van der Waals surface area contributed by atoms with Crippen molar-refractivity contribution in [3.8, 4) is 11.5 Å². The number of thioether (sulfide) groups is 1. The first-order chi connectivity index (χ1) is 5.81. The molecular weight excluding hydrogens is 172 g/mol. The molecule has 0 amide bonds. The van der Waals surface area contributed by atoms with Gasteiger partial charge in [0, 0.05) is 4.90 Å². The third-order valence-electron chi connectivity index (χ3n) is 1.89. The molecule has 0 aliphatic carbocycles. The zero-order valence-electron chi connectivity index (χ0n) is 7.09. The van der Waals surface area contributed by atoms with Gasteiger partial charge in [-0.1, -0.05) is 0 Å². The molecule has 0 N–H and O–H groups in total. The van der Waals surface area contributed by atoms with Crippen LogP contribution in [0.4, 0.5) is 0 Å². The first-order valence-electron chi connectivity index (χ1n) is 3.75. The molecule has 0 fully saturated rings. The monoisotopic (exact) mass is 182 g/mol. The van der Waals surface area contributed by atoms with E-state index in [0.717, 1.165) is 11.5 Å². The van der Waals surface area contributed by atoms with Crippen LogP contribution >= 0.6 is 11.8 Å². The Bertz CT molecular complexity index is 309. The highest BCUT2D eigenvalue weighted by molar-refractivity contribution is 7.98. The van der Waals surface area contributed by atoms with E-state index in [1.54, 1.807) is 11.8 Å². The van der Waals surface area contributed by atoms with E-state index in [-0.39, 0.29) is 0 Å². The van der Waals surface area contributed by atoms with E-state index in [1.165, 1.54) is 10.5 Å². The van der Waals surface area contributed by atoms with Gasteiger partial charge in [0.2, 0.25) is 6.79 Å². The quantitative estimate of drug-likeness (QED) is 0.621. The summed E-state index contributed by atoms with van der Waals surface area (Å²) in [7, 11) is 0. The van der Waals surface area contributed by atoms with Crippen molar-refractivity contribution in [1.82, 2.24) is 0 Å². The van der Waals surface area contributed by atoms with Crippen molar-refractivity contribution < 1.29 is 9.47 Å². The third kappa shape index (κ3) is 1.14. The van der Waals surface area contributed by atoms with Crippen molar-refractivity contribution in [3.63, 3.8) is 0 Å². The lowest BCUT2D eigenvalue weighted by Crippen LogP contribution is -1.92. The van der Waals surface area contributed by atoms with E-state index in [2.05, 4.69) is 13.2 Å². The Balaban J connectivity index is 2.49. The van der Waals surface area contributed by atoms with E-state index in [0.29, 0.717) is 6.79 Å². The summed E-state index contributed by atoms with van der Waals surface area (Å²) in [6.07, 6.45) is 2.06. The fourth-order valence-corrected chi connectivity index (χ4v) is 1.85. The predicted octanol–water partition coefficient (Wildman–Crippen LogP) is 2.45. The molecule has 1 heterocycles. The number of benzene rings is 1. The Morgan fingerprint density at radius 1 is 1.25 bits per heavy atom. The molecule has 0 bridgehead atoms. The van der Waals surface area contributed by atoms with Gasteiger partial charge in [0.1, 0.15) is 0 Å². The average Bonchev–Trinajstić information content (AvgIpc) is 2.49. The fraction of sp³-hybridized carbons (Fsp3) is 0.333. The van der Waals surface area contributed by atoms with Gasteiger partial charge in [-0.25, -0.2) is 0 Å². The number of ether oxygens (including phenoxy) is 2. The second-order valence-corrected chi connectivity index (χ2v) is 3.52. The van der Waals surface area contributed by atoms with Crippen molar-refractivity contribution >= 4 is 11.8 Å². The Morgan fingerprint density at radius 2 is 1.92 bits per heavy atom. The van der Waals surface area contributed by atoms with Crippen molar-refractivity contribution in [3.05, 3.63) is 17.7 Å². The normalized spacial score (nSPS) is 13.5. The van der Waals surface area contributed by atoms with Crippen molar-refractivity contribution in [2.24, 2.45) is 0 Å². The molecule has 2 nitrogen and oxygen atoms in total. The van der Waals surface area contributed by atoms with Crippen LogP contribution in [0.25, 0.3) is 0 Å². The highest BCUT2D eigenvalue weighted by Crippen LogP contribution is 2.37. The van der Waals surface area contributed by atoms with Gasteiger partial charge < -0.3 is 9.47 Å². The molecule has 0 spiro atoms. The average molecular weight is 182 g/mol. The summed E-state index contributed by atoms with van der Waals surface area (Å²) >= 11 is 1.73. The summed E-state index contributed by atoms with van der Waals surface area (Å²) in [6.45, 7) is 2.43. The second kappa shape index (κ2) is 2.90. The van der Waals surface area contributed by atoms with Crippen LogP contribution in [0.5, 0.6) is 11.5 Å². The largest absolute Gasteiger partial charge is 0.454 e. The van der Waals surface area contributed by atoms with Crippen LogP contribution in [0.1, 0.15) is 5.56 Å². The molecule has 12 heavy (non-hydrogen) atoms. The minimum atomic E-state index is 0.354. The van der Waals surface area contributed by atoms with Gasteiger partial charge in [-0.3, -0.25) is 0 Å². The Morgan fingerprint density at radius 3 is 2.58 bits per heavy atom. The van der Waals surface area contributed by atoms with E-state index in [4.69, 9.17) is 9.47 Å². The van der Waals surface area contributed by atoms with Crippen molar-refractivity contribution in [1.29, 1.82) is 0 Å². The summed E-state index contributed by atoms with van der Waals surface area (Å²) < 4.78 is 10.5. The maximum absolute atomic E-state index is 5.26. The summed E-state index contributed by atoms with van der Waals surface area (Å²) in [5.41, 5.74) is 1.24. The van der Waals surface area contributed by atoms with Crippen LogP contribution in [-0.2, 0) is 0 Å². The summed E-state index contributed by atoms with van der Waals surface area (Å²) in [6, 6.07) is 4.05. The van der Waals surface area contributed by atoms with E-state index >= 15 is 0 Å². The predicted molar refractivity (Wildman–Crippen MR) is 49.1 cm³/mol. The van der Waals surface area contributed by atoms with Gasteiger partial charge in [-0.15, -0.1) is 11.8 Å². The van der Waals surface area contributed by atoms with E-state index in [9.17, 15) is 0 Å². The topological polar surface area (TPSA) is 18.5 Å². The standard InChI is InChI=1S/C9H10O2S/c1-6-3-7-8(11-5-10-7)4-9(6)12-2/h3-4H,5H2,1-2H3. The van der Waals surface area contributed by atoms with Gasteiger partial charge in [0.05, 0.1) is 0 Å².